The molecule has 0 saturated carbocycles. The van der Waals surface area contributed by atoms with Crippen LogP contribution >= 0.6 is 11.3 Å². The summed E-state index contributed by atoms with van der Waals surface area (Å²) in [7, 11) is 0. The van der Waals surface area contributed by atoms with Crippen molar-refractivity contribution in [1.29, 1.82) is 0 Å². The Morgan fingerprint density at radius 1 is 1.63 bits per heavy atom. The van der Waals surface area contributed by atoms with Crippen LogP contribution in [0.1, 0.15) is 34.1 Å². The summed E-state index contributed by atoms with van der Waals surface area (Å²) in [5.74, 6) is -1.23. The van der Waals surface area contributed by atoms with E-state index in [0.717, 1.165) is 24.8 Å². The van der Waals surface area contributed by atoms with E-state index >= 15 is 0 Å². The molecular weight excluding hydrogens is 269 g/mol. The second-order valence-corrected chi connectivity index (χ2v) is 5.88. The van der Waals surface area contributed by atoms with E-state index in [1.807, 2.05) is 0 Å². The second-order valence-electron chi connectivity index (χ2n) is 4.92. The van der Waals surface area contributed by atoms with Crippen molar-refractivity contribution >= 4 is 23.2 Å². The van der Waals surface area contributed by atoms with Crippen molar-refractivity contribution in [3.63, 3.8) is 0 Å². The summed E-state index contributed by atoms with van der Waals surface area (Å²) in [6.07, 6.45) is 2.81. The summed E-state index contributed by atoms with van der Waals surface area (Å²) in [6, 6.07) is -1.47. The first-order valence-electron chi connectivity index (χ1n) is 6.21. The Bertz CT molecular complexity index is 500. The Labute approximate surface area is 114 Å². The molecule has 0 radical (unpaired) electrons. The number of fused-ring (bicyclic) bond motifs is 1. The number of hydrogen-bond donors (Lipinski definition) is 2. The lowest BCUT2D eigenvalue weighted by Gasteiger charge is -2.19. The molecule has 1 aliphatic rings. The molecule has 6 heteroatoms. The lowest BCUT2D eigenvalue weighted by atomic mass is 9.88. The first kappa shape index (κ1) is 14.0. The van der Waals surface area contributed by atoms with Gasteiger partial charge in [0, 0.05) is 10.3 Å². The third-order valence-electron chi connectivity index (χ3n) is 3.40. The fourth-order valence-corrected chi connectivity index (χ4v) is 3.51. The molecule has 19 heavy (non-hydrogen) atoms. The van der Waals surface area contributed by atoms with Gasteiger partial charge in [0.2, 0.25) is 0 Å². The van der Waals surface area contributed by atoms with Crippen molar-refractivity contribution in [3.8, 4) is 0 Å². The minimum absolute atomic E-state index is 0.489. The quantitative estimate of drug-likeness (QED) is 0.889. The molecule has 2 atom stereocenters. The number of amides is 1. The first-order valence-corrected chi connectivity index (χ1v) is 7.09. The number of hydrogen-bond acceptors (Lipinski definition) is 3. The van der Waals surface area contributed by atoms with Gasteiger partial charge in [-0.25, -0.2) is 9.18 Å². The fraction of sp³-hybridized carbons (Fsp3) is 0.538. The topological polar surface area (TPSA) is 66.4 Å². The lowest BCUT2D eigenvalue weighted by molar-refractivity contribution is -0.139. The Morgan fingerprint density at radius 2 is 2.37 bits per heavy atom. The maximum atomic E-state index is 12.5. The predicted octanol–water partition coefficient (Wildman–Crippen LogP) is 2.03. The van der Waals surface area contributed by atoms with Gasteiger partial charge in [-0.05, 0) is 30.7 Å². The van der Waals surface area contributed by atoms with E-state index < -0.39 is 24.6 Å². The molecule has 1 aromatic heterocycles. The van der Waals surface area contributed by atoms with Crippen LogP contribution in [0.3, 0.4) is 0 Å². The maximum Gasteiger partial charge on any atom is 0.328 e. The van der Waals surface area contributed by atoms with Crippen LogP contribution in [-0.4, -0.2) is 29.7 Å². The summed E-state index contributed by atoms with van der Waals surface area (Å²) < 4.78 is 12.5. The summed E-state index contributed by atoms with van der Waals surface area (Å²) in [4.78, 5) is 23.9. The summed E-state index contributed by atoms with van der Waals surface area (Å²) in [5, 5.41) is 12.7. The van der Waals surface area contributed by atoms with Gasteiger partial charge in [0.05, 0.1) is 5.56 Å². The number of carbonyl (C=O) groups excluding carboxylic acids is 1. The monoisotopic (exact) mass is 285 g/mol. The number of rotatable bonds is 4. The minimum Gasteiger partial charge on any atom is -0.480 e. The Morgan fingerprint density at radius 3 is 3.00 bits per heavy atom. The van der Waals surface area contributed by atoms with E-state index in [1.165, 1.54) is 16.2 Å². The van der Waals surface area contributed by atoms with Crippen LogP contribution in [0.15, 0.2) is 5.38 Å². The van der Waals surface area contributed by atoms with Gasteiger partial charge < -0.3 is 10.4 Å². The molecule has 2 unspecified atom stereocenters. The molecule has 2 rings (SSSR count). The van der Waals surface area contributed by atoms with Gasteiger partial charge in [-0.1, -0.05) is 6.92 Å². The van der Waals surface area contributed by atoms with Crippen molar-refractivity contribution in [2.75, 3.05) is 6.67 Å². The highest BCUT2D eigenvalue weighted by Gasteiger charge is 2.26. The number of halogens is 1. The minimum atomic E-state index is -1.47. The number of carbonyl (C=O) groups is 2. The molecule has 0 aliphatic heterocycles. The van der Waals surface area contributed by atoms with Gasteiger partial charge in [0.15, 0.2) is 6.04 Å². The molecule has 4 nitrogen and oxygen atoms in total. The number of alkyl halides is 1. The largest absolute Gasteiger partial charge is 0.480 e. The highest BCUT2D eigenvalue weighted by molar-refractivity contribution is 7.10. The van der Waals surface area contributed by atoms with Crippen molar-refractivity contribution in [2.24, 2.45) is 5.92 Å². The average Bonchev–Trinajstić information content (AvgIpc) is 2.78. The smallest absolute Gasteiger partial charge is 0.328 e. The molecule has 0 aromatic carbocycles. The zero-order chi connectivity index (χ0) is 14.0. The van der Waals surface area contributed by atoms with Crippen LogP contribution in [0.4, 0.5) is 4.39 Å². The van der Waals surface area contributed by atoms with E-state index in [-0.39, 0.29) is 0 Å². The Hall–Kier alpha value is -1.43. The Balaban J connectivity index is 2.14. The molecular formula is C13H16FNO3S. The van der Waals surface area contributed by atoms with Crippen LogP contribution in [0.25, 0.3) is 0 Å². The zero-order valence-electron chi connectivity index (χ0n) is 10.6. The molecule has 1 heterocycles. The van der Waals surface area contributed by atoms with E-state index in [9.17, 15) is 14.0 Å². The number of thiophene rings is 1. The summed E-state index contributed by atoms with van der Waals surface area (Å²) in [5.41, 5.74) is 1.51. The van der Waals surface area contributed by atoms with E-state index in [1.54, 1.807) is 5.38 Å². The molecule has 1 aromatic rings. The summed E-state index contributed by atoms with van der Waals surface area (Å²) >= 11 is 1.53. The zero-order valence-corrected chi connectivity index (χ0v) is 11.4. The molecule has 0 bridgehead atoms. The van der Waals surface area contributed by atoms with Crippen LogP contribution in [0.5, 0.6) is 0 Å². The highest BCUT2D eigenvalue weighted by Crippen LogP contribution is 2.32. The summed E-state index contributed by atoms with van der Waals surface area (Å²) in [6.45, 7) is 1.07. The number of carboxylic acid groups (broad SMARTS) is 1. The number of nitrogens with one attached hydrogen (secondary N) is 1. The van der Waals surface area contributed by atoms with Gasteiger partial charge in [-0.2, -0.15) is 0 Å². The van der Waals surface area contributed by atoms with E-state index in [0.29, 0.717) is 11.5 Å². The average molecular weight is 285 g/mol. The standard InChI is InChI=1S/C13H16FNO3S/c1-7-2-3-8-9(6-19-11(8)4-7)12(16)15-10(5-14)13(17)18/h6-7,10H,2-5H2,1H3,(H,15,16)(H,17,18). The van der Waals surface area contributed by atoms with Crippen molar-refractivity contribution in [3.05, 3.63) is 21.4 Å². The molecule has 2 N–H and O–H groups in total. The molecule has 104 valence electrons. The second kappa shape index (κ2) is 5.69. The van der Waals surface area contributed by atoms with Crippen LogP contribution in [0.2, 0.25) is 0 Å². The normalized spacial score (nSPS) is 19.6. The van der Waals surface area contributed by atoms with Crippen LogP contribution < -0.4 is 5.32 Å². The van der Waals surface area contributed by atoms with E-state index in [4.69, 9.17) is 5.11 Å². The molecule has 0 spiro atoms. The van der Waals surface area contributed by atoms with Crippen molar-refractivity contribution in [2.45, 2.75) is 32.2 Å². The lowest BCUT2D eigenvalue weighted by Crippen LogP contribution is -2.42. The fourth-order valence-electron chi connectivity index (χ4n) is 2.27. The molecule has 0 fully saturated rings. The van der Waals surface area contributed by atoms with Gasteiger partial charge >= 0.3 is 5.97 Å². The van der Waals surface area contributed by atoms with E-state index in [2.05, 4.69) is 12.2 Å². The number of carboxylic acids is 1. The highest BCUT2D eigenvalue weighted by atomic mass is 32.1. The first-order chi connectivity index (χ1) is 9.02. The molecule has 1 amide bonds. The van der Waals surface area contributed by atoms with Gasteiger partial charge in [0.1, 0.15) is 6.67 Å². The third-order valence-corrected chi connectivity index (χ3v) is 4.46. The molecule has 1 aliphatic carbocycles. The van der Waals surface area contributed by atoms with Gasteiger partial charge in [-0.15, -0.1) is 11.3 Å². The number of aliphatic carboxylic acids is 1. The Kier molecular flexibility index (Phi) is 4.19. The SMILES string of the molecule is CC1CCc2c(C(=O)NC(CF)C(=O)O)csc2C1. The maximum absolute atomic E-state index is 12.5. The third kappa shape index (κ3) is 2.94. The van der Waals surface area contributed by atoms with Crippen molar-refractivity contribution in [1.82, 2.24) is 5.32 Å². The van der Waals surface area contributed by atoms with Crippen LogP contribution in [0, 0.1) is 5.92 Å². The van der Waals surface area contributed by atoms with Gasteiger partial charge in [-0.3, -0.25) is 4.79 Å². The molecule has 0 saturated heterocycles. The van der Waals surface area contributed by atoms with Crippen LogP contribution in [-0.2, 0) is 17.6 Å². The van der Waals surface area contributed by atoms with Gasteiger partial charge in [0.25, 0.3) is 5.91 Å². The van der Waals surface area contributed by atoms with Crippen molar-refractivity contribution < 1.29 is 19.1 Å². The predicted molar refractivity (Wildman–Crippen MR) is 70.4 cm³/mol.